The Balaban J connectivity index is 2.16. The highest BCUT2D eigenvalue weighted by atomic mass is 14.9. The van der Waals surface area contributed by atoms with Crippen LogP contribution in [0.3, 0.4) is 0 Å². The predicted molar refractivity (Wildman–Crippen MR) is 86.6 cm³/mol. The Morgan fingerprint density at radius 2 is 1.71 bits per heavy atom. The number of fused-ring (bicyclic) bond motifs is 1. The molecule has 0 atom stereocenters. The van der Waals surface area contributed by atoms with Crippen molar-refractivity contribution < 1.29 is 0 Å². The van der Waals surface area contributed by atoms with Gasteiger partial charge >= 0.3 is 0 Å². The molecule has 1 aromatic carbocycles. The first-order valence-corrected chi connectivity index (χ1v) is 7.82. The van der Waals surface area contributed by atoms with E-state index in [4.69, 9.17) is 9.97 Å². The van der Waals surface area contributed by atoms with Crippen molar-refractivity contribution >= 4 is 0 Å². The molecule has 1 aliphatic rings. The monoisotopic (exact) mass is 281 g/mol. The minimum absolute atomic E-state index is 0.357. The lowest BCUT2D eigenvalue weighted by atomic mass is 9.99. The van der Waals surface area contributed by atoms with Crippen LogP contribution in [0.1, 0.15) is 42.4 Å². The van der Waals surface area contributed by atoms with Crippen LogP contribution in [0.15, 0.2) is 24.3 Å². The lowest BCUT2D eigenvalue weighted by Gasteiger charge is -2.15. The third-order valence-electron chi connectivity index (χ3n) is 4.04. The molecule has 110 valence electrons. The number of hydrogen-bond acceptors (Lipinski definition) is 3. The van der Waals surface area contributed by atoms with E-state index in [1.54, 1.807) is 0 Å². The summed E-state index contributed by atoms with van der Waals surface area (Å²) in [7, 11) is 0. The van der Waals surface area contributed by atoms with Crippen LogP contribution in [-0.2, 0) is 12.8 Å². The first kappa shape index (κ1) is 14.2. The summed E-state index contributed by atoms with van der Waals surface area (Å²) in [6, 6.07) is 8.68. The van der Waals surface area contributed by atoms with Gasteiger partial charge in [0.05, 0.1) is 5.69 Å². The molecule has 1 aromatic heterocycles. The van der Waals surface area contributed by atoms with Crippen molar-refractivity contribution in [2.45, 2.75) is 39.5 Å². The predicted octanol–water partition coefficient (Wildman–Crippen LogP) is 3.26. The fraction of sp³-hybridized carbons (Fsp3) is 0.444. The van der Waals surface area contributed by atoms with Crippen molar-refractivity contribution in [2.24, 2.45) is 0 Å². The molecule has 0 unspecified atom stereocenters. The molecule has 2 heterocycles. The molecule has 0 amide bonds. The van der Waals surface area contributed by atoms with Gasteiger partial charge in [0.15, 0.2) is 0 Å². The summed E-state index contributed by atoms with van der Waals surface area (Å²) in [5, 5.41) is 3.46. The Bertz CT molecular complexity index is 630. The van der Waals surface area contributed by atoms with Crippen LogP contribution < -0.4 is 5.32 Å². The molecule has 2 aromatic rings. The van der Waals surface area contributed by atoms with E-state index in [0.29, 0.717) is 5.92 Å². The van der Waals surface area contributed by atoms with Gasteiger partial charge in [0.1, 0.15) is 5.82 Å². The second kappa shape index (κ2) is 5.94. The SMILES string of the molecule is Cc1ccc(-c2nc(C(C)C)nc3c2CCNCC3)cc1. The number of benzene rings is 1. The van der Waals surface area contributed by atoms with Gasteiger partial charge in [0.2, 0.25) is 0 Å². The Morgan fingerprint density at radius 1 is 1.00 bits per heavy atom. The molecule has 0 radical (unpaired) electrons. The number of rotatable bonds is 2. The average Bonchev–Trinajstić information content (AvgIpc) is 2.72. The van der Waals surface area contributed by atoms with Gasteiger partial charge in [0, 0.05) is 35.7 Å². The van der Waals surface area contributed by atoms with Gasteiger partial charge in [-0.05, 0) is 19.9 Å². The third kappa shape index (κ3) is 2.98. The standard InChI is InChI=1S/C18H23N3/c1-12(2)18-20-16-9-11-19-10-8-15(16)17(21-18)14-6-4-13(3)5-7-14/h4-7,12,19H,8-11H2,1-3H3. The average molecular weight is 281 g/mol. The zero-order valence-corrected chi connectivity index (χ0v) is 13.1. The summed E-state index contributed by atoms with van der Waals surface area (Å²) in [5.41, 5.74) is 6.18. The first-order chi connectivity index (χ1) is 10.1. The summed E-state index contributed by atoms with van der Waals surface area (Å²) in [6.45, 7) is 8.46. The Morgan fingerprint density at radius 3 is 2.43 bits per heavy atom. The smallest absolute Gasteiger partial charge is 0.131 e. The summed E-state index contributed by atoms with van der Waals surface area (Å²) in [5.74, 6) is 1.32. The van der Waals surface area contributed by atoms with Crippen molar-refractivity contribution in [3.63, 3.8) is 0 Å². The van der Waals surface area contributed by atoms with Crippen molar-refractivity contribution in [3.05, 3.63) is 46.9 Å². The maximum absolute atomic E-state index is 4.89. The molecule has 0 saturated heterocycles. The van der Waals surface area contributed by atoms with E-state index < -0.39 is 0 Å². The molecular weight excluding hydrogens is 258 g/mol. The van der Waals surface area contributed by atoms with Crippen molar-refractivity contribution in [3.8, 4) is 11.3 Å². The fourth-order valence-electron chi connectivity index (χ4n) is 2.77. The van der Waals surface area contributed by atoms with E-state index in [0.717, 1.165) is 37.4 Å². The van der Waals surface area contributed by atoms with E-state index in [-0.39, 0.29) is 0 Å². The summed E-state index contributed by atoms with van der Waals surface area (Å²) in [4.78, 5) is 9.71. The van der Waals surface area contributed by atoms with E-state index >= 15 is 0 Å². The molecular formula is C18H23N3. The lowest BCUT2D eigenvalue weighted by Crippen LogP contribution is -2.16. The van der Waals surface area contributed by atoms with Crippen molar-refractivity contribution in [1.82, 2.24) is 15.3 Å². The van der Waals surface area contributed by atoms with E-state index in [1.165, 1.54) is 22.4 Å². The molecule has 3 heteroatoms. The number of nitrogens with one attached hydrogen (secondary N) is 1. The van der Waals surface area contributed by atoms with Gasteiger partial charge in [-0.15, -0.1) is 0 Å². The fourth-order valence-corrected chi connectivity index (χ4v) is 2.77. The first-order valence-electron chi connectivity index (χ1n) is 7.82. The van der Waals surface area contributed by atoms with Crippen molar-refractivity contribution in [2.75, 3.05) is 13.1 Å². The van der Waals surface area contributed by atoms with Crippen LogP contribution in [0.4, 0.5) is 0 Å². The summed E-state index contributed by atoms with van der Waals surface area (Å²) >= 11 is 0. The minimum atomic E-state index is 0.357. The Hall–Kier alpha value is -1.74. The second-order valence-corrected chi connectivity index (χ2v) is 6.13. The van der Waals surface area contributed by atoms with Crippen LogP contribution in [0.5, 0.6) is 0 Å². The normalized spacial score (nSPS) is 14.9. The van der Waals surface area contributed by atoms with E-state index in [9.17, 15) is 0 Å². The molecule has 21 heavy (non-hydrogen) atoms. The molecule has 1 N–H and O–H groups in total. The molecule has 3 nitrogen and oxygen atoms in total. The Kier molecular flexibility index (Phi) is 4.02. The third-order valence-corrected chi connectivity index (χ3v) is 4.04. The summed E-state index contributed by atoms with van der Waals surface area (Å²) in [6.07, 6.45) is 2.01. The summed E-state index contributed by atoms with van der Waals surface area (Å²) < 4.78 is 0. The van der Waals surface area contributed by atoms with E-state index in [1.807, 2.05) is 0 Å². The van der Waals surface area contributed by atoms with Crippen LogP contribution in [0.25, 0.3) is 11.3 Å². The van der Waals surface area contributed by atoms with Gasteiger partial charge in [-0.3, -0.25) is 0 Å². The Labute approximate surface area is 126 Å². The quantitative estimate of drug-likeness (QED) is 0.918. The molecule has 1 aliphatic heterocycles. The van der Waals surface area contributed by atoms with Crippen LogP contribution in [-0.4, -0.2) is 23.1 Å². The maximum atomic E-state index is 4.89. The molecule has 3 rings (SSSR count). The van der Waals surface area contributed by atoms with Crippen molar-refractivity contribution in [1.29, 1.82) is 0 Å². The minimum Gasteiger partial charge on any atom is -0.316 e. The molecule has 0 bridgehead atoms. The molecule has 0 fully saturated rings. The second-order valence-electron chi connectivity index (χ2n) is 6.13. The van der Waals surface area contributed by atoms with Gasteiger partial charge < -0.3 is 5.32 Å². The number of aromatic nitrogens is 2. The maximum Gasteiger partial charge on any atom is 0.131 e. The van der Waals surface area contributed by atoms with Gasteiger partial charge in [-0.25, -0.2) is 9.97 Å². The highest BCUT2D eigenvalue weighted by molar-refractivity contribution is 5.64. The van der Waals surface area contributed by atoms with Gasteiger partial charge in [-0.2, -0.15) is 0 Å². The highest BCUT2D eigenvalue weighted by Crippen LogP contribution is 2.27. The number of hydrogen-bond donors (Lipinski definition) is 1. The molecule has 0 saturated carbocycles. The highest BCUT2D eigenvalue weighted by Gasteiger charge is 2.18. The largest absolute Gasteiger partial charge is 0.316 e. The zero-order chi connectivity index (χ0) is 14.8. The number of aryl methyl sites for hydroxylation is 1. The van der Waals surface area contributed by atoms with Crippen LogP contribution in [0, 0.1) is 6.92 Å². The lowest BCUT2D eigenvalue weighted by molar-refractivity contribution is 0.705. The number of nitrogens with zero attached hydrogens (tertiary/aromatic N) is 2. The van der Waals surface area contributed by atoms with Gasteiger partial charge in [-0.1, -0.05) is 43.7 Å². The zero-order valence-electron chi connectivity index (χ0n) is 13.1. The van der Waals surface area contributed by atoms with Crippen LogP contribution >= 0.6 is 0 Å². The molecule has 0 aliphatic carbocycles. The van der Waals surface area contributed by atoms with E-state index in [2.05, 4.69) is 50.4 Å². The molecule has 0 spiro atoms. The van der Waals surface area contributed by atoms with Gasteiger partial charge in [0.25, 0.3) is 0 Å². The van der Waals surface area contributed by atoms with Crippen LogP contribution in [0.2, 0.25) is 0 Å². The topological polar surface area (TPSA) is 37.8 Å².